The number of benzene rings is 1. The van der Waals surface area contributed by atoms with Crippen molar-refractivity contribution in [2.45, 2.75) is 33.0 Å². The van der Waals surface area contributed by atoms with Gasteiger partial charge in [0.1, 0.15) is 0 Å². The fraction of sp³-hybridized carbons (Fsp3) is 0.333. The summed E-state index contributed by atoms with van der Waals surface area (Å²) >= 11 is 1.82. The normalized spacial score (nSPS) is 11.3. The molecule has 0 aliphatic heterocycles. The van der Waals surface area contributed by atoms with Gasteiger partial charge in [0, 0.05) is 29.7 Å². The monoisotopic (exact) mass is 260 g/mol. The van der Waals surface area contributed by atoms with E-state index in [1.165, 1.54) is 10.4 Å². The average molecular weight is 260 g/mol. The van der Waals surface area contributed by atoms with Crippen molar-refractivity contribution in [3.05, 3.63) is 52.2 Å². The Morgan fingerprint density at radius 1 is 1.11 bits per heavy atom. The fourth-order valence-corrected chi connectivity index (χ4v) is 2.61. The SMILES string of the molecule is CC(C)N(Cc1ccc(N)cc1)Cc1cccs1. The molecule has 0 atom stereocenters. The lowest BCUT2D eigenvalue weighted by molar-refractivity contribution is 0.205. The molecular weight excluding hydrogens is 240 g/mol. The first-order valence-electron chi connectivity index (χ1n) is 6.26. The van der Waals surface area contributed by atoms with E-state index in [1.54, 1.807) is 0 Å². The number of nitrogens with zero attached hydrogens (tertiary/aromatic N) is 1. The van der Waals surface area contributed by atoms with Gasteiger partial charge >= 0.3 is 0 Å². The molecule has 96 valence electrons. The predicted molar refractivity (Wildman–Crippen MR) is 79.6 cm³/mol. The Labute approximate surface area is 113 Å². The van der Waals surface area contributed by atoms with Crippen LogP contribution < -0.4 is 5.73 Å². The predicted octanol–water partition coefficient (Wildman–Crippen LogP) is 3.74. The number of thiophene rings is 1. The van der Waals surface area contributed by atoms with Crippen LogP contribution in [0.1, 0.15) is 24.3 Å². The van der Waals surface area contributed by atoms with Crippen molar-refractivity contribution in [2.24, 2.45) is 0 Å². The van der Waals surface area contributed by atoms with Crippen molar-refractivity contribution in [1.82, 2.24) is 4.90 Å². The third kappa shape index (κ3) is 3.59. The summed E-state index contributed by atoms with van der Waals surface area (Å²) in [4.78, 5) is 3.89. The van der Waals surface area contributed by atoms with Crippen LogP contribution in [-0.4, -0.2) is 10.9 Å². The molecule has 2 rings (SSSR count). The number of hydrogen-bond donors (Lipinski definition) is 1. The van der Waals surface area contributed by atoms with Gasteiger partial charge in [0.15, 0.2) is 0 Å². The molecule has 0 radical (unpaired) electrons. The minimum atomic E-state index is 0.532. The van der Waals surface area contributed by atoms with E-state index in [1.807, 2.05) is 23.5 Å². The maximum atomic E-state index is 5.72. The number of hydrogen-bond acceptors (Lipinski definition) is 3. The van der Waals surface area contributed by atoms with E-state index in [2.05, 4.69) is 48.4 Å². The first-order valence-corrected chi connectivity index (χ1v) is 7.14. The lowest BCUT2D eigenvalue weighted by Crippen LogP contribution is -2.29. The highest BCUT2D eigenvalue weighted by Crippen LogP contribution is 2.17. The fourth-order valence-electron chi connectivity index (χ4n) is 1.88. The number of nitrogen functional groups attached to an aromatic ring is 1. The molecule has 2 aromatic rings. The highest BCUT2D eigenvalue weighted by molar-refractivity contribution is 7.09. The van der Waals surface area contributed by atoms with E-state index in [0.717, 1.165) is 18.8 Å². The molecule has 1 heterocycles. The summed E-state index contributed by atoms with van der Waals surface area (Å²) in [6.07, 6.45) is 0. The Morgan fingerprint density at radius 2 is 1.83 bits per heavy atom. The van der Waals surface area contributed by atoms with E-state index in [0.29, 0.717) is 6.04 Å². The summed E-state index contributed by atoms with van der Waals surface area (Å²) in [5.41, 5.74) is 7.86. The molecule has 1 aromatic carbocycles. The van der Waals surface area contributed by atoms with Gasteiger partial charge < -0.3 is 5.73 Å². The Balaban J connectivity index is 2.04. The van der Waals surface area contributed by atoms with Gasteiger partial charge in [0.2, 0.25) is 0 Å². The molecule has 0 aliphatic rings. The first-order chi connectivity index (χ1) is 8.65. The summed E-state index contributed by atoms with van der Waals surface area (Å²) in [6.45, 7) is 6.46. The minimum Gasteiger partial charge on any atom is -0.399 e. The van der Waals surface area contributed by atoms with Crippen molar-refractivity contribution < 1.29 is 0 Å². The summed E-state index contributed by atoms with van der Waals surface area (Å²) in [5, 5.41) is 2.14. The highest BCUT2D eigenvalue weighted by Gasteiger charge is 2.11. The van der Waals surface area contributed by atoms with Gasteiger partial charge in [-0.25, -0.2) is 0 Å². The van der Waals surface area contributed by atoms with Crippen molar-refractivity contribution in [2.75, 3.05) is 5.73 Å². The second kappa shape index (κ2) is 6.03. The van der Waals surface area contributed by atoms with Crippen LogP contribution in [0.3, 0.4) is 0 Å². The molecule has 0 spiro atoms. The topological polar surface area (TPSA) is 29.3 Å². The molecule has 0 aliphatic carbocycles. The number of rotatable bonds is 5. The van der Waals surface area contributed by atoms with Gasteiger partial charge in [0.05, 0.1) is 0 Å². The molecule has 0 unspecified atom stereocenters. The van der Waals surface area contributed by atoms with Crippen molar-refractivity contribution in [1.29, 1.82) is 0 Å². The number of anilines is 1. The lowest BCUT2D eigenvalue weighted by atomic mass is 10.1. The zero-order valence-electron chi connectivity index (χ0n) is 11.0. The van der Waals surface area contributed by atoms with Crippen LogP contribution in [0, 0.1) is 0 Å². The summed E-state index contributed by atoms with van der Waals surface area (Å²) in [6, 6.07) is 13.0. The lowest BCUT2D eigenvalue weighted by Gasteiger charge is -2.26. The van der Waals surface area contributed by atoms with Crippen LogP contribution >= 0.6 is 11.3 Å². The van der Waals surface area contributed by atoms with Gasteiger partial charge in [-0.1, -0.05) is 18.2 Å². The Kier molecular flexibility index (Phi) is 4.39. The summed E-state index contributed by atoms with van der Waals surface area (Å²) in [5.74, 6) is 0. The van der Waals surface area contributed by atoms with Crippen molar-refractivity contribution in [3.63, 3.8) is 0 Å². The Hall–Kier alpha value is -1.32. The Morgan fingerprint density at radius 3 is 2.39 bits per heavy atom. The molecule has 2 N–H and O–H groups in total. The zero-order valence-corrected chi connectivity index (χ0v) is 11.8. The minimum absolute atomic E-state index is 0.532. The van der Waals surface area contributed by atoms with E-state index < -0.39 is 0 Å². The van der Waals surface area contributed by atoms with Crippen LogP contribution in [0.2, 0.25) is 0 Å². The molecule has 18 heavy (non-hydrogen) atoms. The van der Waals surface area contributed by atoms with Gasteiger partial charge in [-0.3, -0.25) is 4.90 Å². The zero-order chi connectivity index (χ0) is 13.0. The van der Waals surface area contributed by atoms with E-state index in [-0.39, 0.29) is 0 Å². The standard InChI is InChI=1S/C15H20N2S/c1-12(2)17(11-15-4-3-9-18-15)10-13-5-7-14(16)8-6-13/h3-9,12H,10-11,16H2,1-2H3. The molecule has 0 amide bonds. The van der Waals surface area contributed by atoms with E-state index in [9.17, 15) is 0 Å². The van der Waals surface area contributed by atoms with Crippen LogP contribution in [0.4, 0.5) is 5.69 Å². The quantitative estimate of drug-likeness (QED) is 0.830. The van der Waals surface area contributed by atoms with Crippen LogP contribution in [0.15, 0.2) is 41.8 Å². The molecule has 0 fully saturated rings. The highest BCUT2D eigenvalue weighted by atomic mass is 32.1. The Bertz CT molecular complexity index is 460. The van der Waals surface area contributed by atoms with E-state index >= 15 is 0 Å². The second-order valence-electron chi connectivity index (χ2n) is 4.82. The third-order valence-corrected chi connectivity index (χ3v) is 3.90. The third-order valence-electron chi connectivity index (χ3n) is 3.03. The van der Waals surface area contributed by atoms with Gasteiger partial charge in [-0.15, -0.1) is 11.3 Å². The van der Waals surface area contributed by atoms with Crippen LogP contribution in [-0.2, 0) is 13.1 Å². The van der Waals surface area contributed by atoms with Gasteiger partial charge in [-0.2, -0.15) is 0 Å². The van der Waals surface area contributed by atoms with Crippen LogP contribution in [0.5, 0.6) is 0 Å². The summed E-state index contributed by atoms with van der Waals surface area (Å²) in [7, 11) is 0. The van der Waals surface area contributed by atoms with Gasteiger partial charge in [0.25, 0.3) is 0 Å². The largest absolute Gasteiger partial charge is 0.399 e. The van der Waals surface area contributed by atoms with Crippen molar-refractivity contribution in [3.8, 4) is 0 Å². The first kappa shape index (κ1) is 13.1. The molecule has 3 heteroatoms. The van der Waals surface area contributed by atoms with Crippen molar-refractivity contribution >= 4 is 17.0 Å². The van der Waals surface area contributed by atoms with Gasteiger partial charge in [-0.05, 0) is 43.0 Å². The molecule has 2 nitrogen and oxygen atoms in total. The van der Waals surface area contributed by atoms with Crippen LogP contribution in [0.25, 0.3) is 0 Å². The molecule has 0 bridgehead atoms. The number of nitrogens with two attached hydrogens (primary N) is 1. The maximum absolute atomic E-state index is 5.72. The summed E-state index contributed by atoms with van der Waals surface area (Å²) < 4.78 is 0. The molecule has 1 aromatic heterocycles. The second-order valence-corrected chi connectivity index (χ2v) is 5.85. The molecular formula is C15H20N2S. The molecule has 0 saturated heterocycles. The molecule has 0 saturated carbocycles. The smallest absolute Gasteiger partial charge is 0.0334 e. The maximum Gasteiger partial charge on any atom is 0.0334 e. The van der Waals surface area contributed by atoms with E-state index in [4.69, 9.17) is 5.73 Å². The average Bonchev–Trinajstić information content (AvgIpc) is 2.84.